The van der Waals surface area contributed by atoms with Gasteiger partial charge in [-0.05, 0) is 44.9 Å². The normalized spacial score (nSPS) is 31.8. The molecule has 3 fully saturated rings. The van der Waals surface area contributed by atoms with E-state index in [0.29, 0.717) is 25.2 Å². The first-order valence-corrected chi connectivity index (χ1v) is 8.89. The maximum atomic E-state index is 12.3. The molecule has 7 nitrogen and oxygen atoms in total. The second-order valence-corrected chi connectivity index (χ2v) is 7.18. The summed E-state index contributed by atoms with van der Waals surface area (Å²) in [7, 11) is 0. The fraction of sp³-hybridized carbons (Fsp3) is 0.875. The first kappa shape index (κ1) is 16.5. The number of carbonyl (C=O) groups is 2. The Labute approximate surface area is 137 Å². The third-order valence-corrected chi connectivity index (χ3v) is 5.50. The van der Waals surface area contributed by atoms with Gasteiger partial charge in [-0.25, -0.2) is 14.5 Å². The second-order valence-electron chi connectivity index (χ2n) is 7.18. The summed E-state index contributed by atoms with van der Waals surface area (Å²) >= 11 is 0. The number of aliphatic hydroxyl groups is 1. The Hall–Kier alpha value is -1.34. The van der Waals surface area contributed by atoms with Gasteiger partial charge >= 0.3 is 12.1 Å². The van der Waals surface area contributed by atoms with Gasteiger partial charge in [0.05, 0.1) is 6.10 Å². The second kappa shape index (κ2) is 7.05. The van der Waals surface area contributed by atoms with Gasteiger partial charge in [-0.2, -0.15) is 0 Å². The van der Waals surface area contributed by atoms with Crippen LogP contribution in [-0.2, 0) is 0 Å². The number of amides is 4. The maximum Gasteiger partial charge on any atom is 0.328 e. The quantitative estimate of drug-likeness (QED) is 0.630. The predicted octanol–water partition coefficient (Wildman–Crippen LogP) is 1.48. The van der Waals surface area contributed by atoms with Crippen molar-refractivity contribution < 1.29 is 14.7 Å². The van der Waals surface area contributed by atoms with Crippen LogP contribution in [0, 0.1) is 5.92 Å². The Balaban J connectivity index is 1.54. The molecule has 0 aromatic rings. The Morgan fingerprint density at radius 3 is 2.30 bits per heavy atom. The molecule has 4 amide bonds. The van der Waals surface area contributed by atoms with E-state index < -0.39 is 12.4 Å². The van der Waals surface area contributed by atoms with E-state index in [4.69, 9.17) is 0 Å². The Bertz CT molecular complexity index is 435. The molecule has 1 heterocycles. The zero-order valence-electron chi connectivity index (χ0n) is 13.8. The van der Waals surface area contributed by atoms with E-state index in [2.05, 4.69) is 22.9 Å². The molecule has 1 saturated heterocycles. The predicted molar refractivity (Wildman–Crippen MR) is 85.5 cm³/mol. The van der Waals surface area contributed by atoms with Crippen LogP contribution in [-0.4, -0.2) is 46.5 Å². The monoisotopic (exact) mass is 324 g/mol. The molecule has 1 aliphatic heterocycles. The van der Waals surface area contributed by atoms with Crippen molar-refractivity contribution in [3.63, 3.8) is 0 Å². The smallest absolute Gasteiger partial charge is 0.328 e. The molecule has 2 aliphatic carbocycles. The van der Waals surface area contributed by atoms with Crippen molar-refractivity contribution >= 4 is 12.1 Å². The van der Waals surface area contributed by atoms with Crippen LogP contribution in [0.5, 0.6) is 0 Å². The zero-order chi connectivity index (χ0) is 16.4. The lowest BCUT2D eigenvalue weighted by Crippen LogP contribution is -2.70. The van der Waals surface area contributed by atoms with Crippen molar-refractivity contribution in [2.75, 3.05) is 0 Å². The van der Waals surface area contributed by atoms with Gasteiger partial charge in [0.2, 0.25) is 0 Å². The SMILES string of the molecule is C[C@H](NC1NC(=O)N(C2CCC(O)C2)C(=O)N1)C1CCCCC1. The highest BCUT2D eigenvalue weighted by Crippen LogP contribution is 2.27. The summed E-state index contributed by atoms with van der Waals surface area (Å²) in [5.41, 5.74) is 0. The fourth-order valence-corrected chi connectivity index (χ4v) is 4.13. The number of urea groups is 2. The van der Waals surface area contributed by atoms with Crippen LogP contribution in [0.1, 0.15) is 58.3 Å². The standard InChI is InChI=1S/C16H28N4O3/c1-10(11-5-3-2-4-6-11)17-14-18-15(22)20(16(23)19-14)12-7-8-13(21)9-12/h10-14,17,21H,2-9H2,1H3,(H,18,22)(H,19,23)/t10-,12?,13?/m0/s1. The molecule has 23 heavy (non-hydrogen) atoms. The van der Waals surface area contributed by atoms with Crippen LogP contribution in [0.15, 0.2) is 0 Å². The summed E-state index contributed by atoms with van der Waals surface area (Å²) < 4.78 is 0. The molecule has 0 aromatic carbocycles. The minimum absolute atomic E-state index is 0.207. The molecular weight excluding hydrogens is 296 g/mol. The lowest BCUT2D eigenvalue weighted by atomic mass is 9.84. The first-order chi connectivity index (χ1) is 11.0. The first-order valence-electron chi connectivity index (χ1n) is 8.89. The third kappa shape index (κ3) is 3.77. The molecule has 0 bridgehead atoms. The Morgan fingerprint density at radius 1 is 1.09 bits per heavy atom. The van der Waals surface area contributed by atoms with Gasteiger partial charge in [0, 0.05) is 12.1 Å². The van der Waals surface area contributed by atoms with Crippen LogP contribution in [0.2, 0.25) is 0 Å². The van der Waals surface area contributed by atoms with Gasteiger partial charge in [-0.15, -0.1) is 0 Å². The van der Waals surface area contributed by atoms with Gasteiger partial charge < -0.3 is 15.7 Å². The highest BCUT2D eigenvalue weighted by molar-refractivity contribution is 5.96. The van der Waals surface area contributed by atoms with E-state index in [1.54, 1.807) is 0 Å². The summed E-state index contributed by atoms with van der Waals surface area (Å²) in [5.74, 6) is 0.598. The van der Waals surface area contributed by atoms with Crippen LogP contribution < -0.4 is 16.0 Å². The van der Waals surface area contributed by atoms with E-state index in [9.17, 15) is 14.7 Å². The van der Waals surface area contributed by atoms with Crippen molar-refractivity contribution in [2.45, 2.75) is 82.8 Å². The number of imide groups is 1. The topological polar surface area (TPSA) is 93.7 Å². The third-order valence-electron chi connectivity index (χ3n) is 5.50. The summed E-state index contributed by atoms with van der Waals surface area (Å²) in [6.07, 6.45) is 7.08. The van der Waals surface area contributed by atoms with Crippen LogP contribution in [0.25, 0.3) is 0 Å². The van der Waals surface area contributed by atoms with Crippen molar-refractivity contribution in [1.29, 1.82) is 0 Å². The number of rotatable bonds is 4. The molecule has 0 aromatic heterocycles. The lowest BCUT2D eigenvalue weighted by Gasteiger charge is -2.38. The molecule has 4 N–H and O–H groups in total. The molecule has 2 unspecified atom stereocenters. The van der Waals surface area contributed by atoms with E-state index in [0.717, 1.165) is 0 Å². The molecular formula is C16H28N4O3. The molecule has 2 saturated carbocycles. The fourth-order valence-electron chi connectivity index (χ4n) is 4.13. The maximum absolute atomic E-state index is 12.3. The Morgan fingerprint density at radius 2 is 1.74 bits per heavy atom. The highest BCUT2D eigenvalue weighted by atomic mass is 16.3. The Kier molecular flexibility index (Phi) is 5.06. The molecule has 3 rings (SSSR count). The van der Waals surface area contributed by atoms with Crippen molar-refractivity contribution in [1.82, 2.24) is 20.9 Å². The molecule has 3 aliphatic rings. The van der Waals surface area contributed by atoms with Gasteiger partial charge in [0.1, 0.15) is 0 Å². The van der Waals surface area contributed by atoms with Gasteiger partial charge in [-0.3, -0.25) is 5.32 Å². The number of nitrogens with one attached hydrogen (secondary N) is 3. The number of hydrogen-bond acceptors (Lipinski definition) is 4. The zero-order valence-corrected chi connectivity index (χ0v) is 13.8. The summed E-state index contributed by atoms with van der Waals surface area (Å²) in [4.78, 5) is 25.8. The summed E-state index contributed by atoms with van der Waals surface area (Å²) in [6, 6.07) is -0.704. The minimum atomic E-state index is -0.519. The van der Waals surface area contributed by atoms with E-state index in [-0.39, 0.29) is 24.1 Å². The number of carbonyl (C=O) groups excluding carboxylic acids is 2. The average molecular weight is 324 g/mol. The van der Waals surface area contributed by atoms with Gasteiger partial charge in [-0.1, -0.05) is 19.3 Å². The van der Waals surface area contributed by atoms with E-state index in [1.807, 2.05) is 0 Å². The van der Waals surface area contributed by atoms with Crippen LogP contribution in [0.3, 0.4) is 0 Å². The van der Waals surface area contributed by atoms with Crippen molar-refractivity contribution in [3.8, 4) is 0 Å². The van der Waals surface area contributed by atoms with Crippen molar-refractivity contribution in [3.05, 3.63) is 0 Å². The molecule has 3 atom stereocenters. The van der Waals surface area contributed by atoms with Crippen LogP contribution in [0.4, 0.5) is 9.59 Å². The highest BCUT2D eigenvalue weighted by Gasteiger charge is 2.40. The molecule has 7 heteroatoms. The lowest BCUT2D eigenvalue weighted by molar-refractivity contribution is 0.129. The number of nitrogens with zero attached hydrogens (tertiary/aromatic N) is 1. The largest absolute Gasteiger partial charge is 0.393 e. The van der Waals surface area contributed by atoms with Crippen LogP contribution >= 0.6 is 0 Å². The van der Waals surface area contributed by atoms with E-state index >= 15 is 0 Å². The number of hydrogen-bond donors (Lipinski definition) is 4. The molecule has 0 spiro atoms. The minimum Gasteiger partial charge on any atom is -0.393 e. The van der Waals surface area contributed by atoms with E-state index in [1.165, 1.54) is 37.0 Å². The summed E-state index contributed by atoms with van der Waals surface area (Å²) in [5, 5.41) is 18.6. The molecule has 130 valence electrons. The van der Waals surface area contributed by atoms with Gasteiger partial charge in [0.25, 0.3) is 0 Å². The van der Waals surface area contributed by atoms with Crippen molar-refractivity contribution in [2.24, 2.45) is 5.92 Å². The molecule has 0 radical (unpaired) electrons. The number of aliphatic hydroxyl groups excluding tert-OH is 1. The summed E-state index contributed by atoms with van der Waals surface area (Å²) in [6.45, 7) is 2.12. The van der Waals surface area contributed by atoms with Gasteiger partial charge in [0.15, 0.2) is 6.29 Å². The average Bonchev–Trinajstić information content (AvgIpc) is 2.93.